The Bertz CT molecular complexity index is 672. The molecule has 0 spiro atoms. The summed E-state index contributed by atoms with van der Waals surface area (Å²) in [4.78, 5) is 25.4. The minimum absolute atomic E-state index is 0.0450. The molecular weight excluding hydrogens is 285 g/mol. The normalized spacial score (nSPS) is 10.2. The van der Waals surface area contributed by atoms with Gasteiger partial charge in [0.1, 0.15) is 10.8 Å². The third-order valence-corrected chi connectivity index (χ3v) is 3.30. The van der Waals surface area contributed by atoms with Crippen LogP contribution in [0.5, 0.6) is 0 Å². The lowest BCUT2D eigenvalue weighted by Crippen LogP contribution is -2.11. The van der Waals surface area contributed by atoms with E-state index >= 15 is 0 Å². The molecule has 1 aromatic carbocycles. The van der Waals surface area contributed by atoms with Crippen molar-refractivity contribution in [2.45, 2.75) is 6.54 Å². The van der Waals surface area contributed by atoms with E-state index < -0.39 is 17.7 Å². The summed E-state index contributed by atoms with van der Waals surface area (Å²) in [7, 11) is 0. The van der Waals surface area contributed by atoms with E-state index in [-0.39, 0.29) is 23.5 Å². The second kappa shape index (κ2) is 5.66. The molecule has 0 bridgehead atoms. The molecule has 1 amide bonds. The number of aromatic carboxylic acids is 1. The molecule has 0 atom stereocenters. The summed E-state index contributed by atoms with van der Waals surface area (Å²) in [6.45, 7) is 0.185. The quantitative estimate of drug-likeness (QED) is 0.778. The van der Waals surface area contributed by atoms with Crippen molar-refractivity contribution in [3.63, 3.8) is 0 Å². The predicted octanol–water partition coefficient (Wildman–Crippen LogP) is 1.69. The average molecular weight is 295 g/mol. The standard InChI is InChI=1S/C12H10FN3O3S/c13-7-3-6(11(14)17)1-2-8(7)15-4-10-16-9(5-20-10)12(18)19/h1-3,5,15H,4H2,(H2,14,17)(H,18,19). The van der Waals surface area contributed by atoms with E-state index in [0.29, 0.717) is 5.01 Å². The summed E-state index contributed by atoms with van der Waals surface area (Å²) < 4.78 is 13.7. The first-order valence-corrected chi connectivity index (χ1v) is 6.36. The van der Waals surface area contributed by atoms with Crippen LogP contribution in [0.2, 0.25) is 0 Å². The highest BCUT2D eigenvalue weighted by Gasteiger charge is 2.10. The maximum absolute atomic E-state index is 13.7. The van der Waals surface area contributed by atoms with Crippen LogP contribution in [0.3, 0.4) is 0 Å². The highest BCUT2D eigenvalue weighted by Crippen LogP contribution is 2.18. The Morgan fingerprint density at radius 2 is 2.20 bits per heavy atom. The second-order valence-corrected chi connectivity index (χ2v) is 4.79. The van der Waals surface area contributed by atoms with Crippen molar-refractivity contribution in [2.75, 3.05) is 5.32 Å². The fourth-order valence-electron chi connectivity index (χ4n) is 1.47. The van der Waals surface area contributed by atoms with Gasteiger partial charge in [0, 0.05) is 10.9 Å². The number of thiazole rings is 1. The molecule has 0 fully saturated rings. The zero-order valence-corrected chi connectivity index (χ0v) is 10.9. The fraction of sp³-hybridized carbons (Fsp3) is 0.0833. The summed E-state index contributed by atoms with van der Waals surface area (Å²) in [5.41, 5.74) is 5.26. The molecule has 8 heteroatoms. The molecule has 0 aliphatic carbocycles. The van der Waals surface area contributed by atoms with Crippen molar-refractivity contribution in [3.05, 3.63) is 45.7 Å². The smallest absolute Gasteiger partial charge is 0.355 e. The first-order chi connectivity index (χ1) is 9.47. The van der Waals surface area contributed by atoms with Gasteiger partial charge in [-0.15, -0.1) is 11.3 Å². The summed E-state index contributed by atoms with van der Waals surface area (Å²) in [5, 5.41) is 13.4. The van der Waals surface area contributed by atoms with Crippen LogP contribution in [0, 0.1) is 5.82 Å². The predicted molar refractivity (Wildman–Crippen MR) is 71.3 cm³/mol. The van der Waals surface area contributed by atoms with Gasteiger partial charge in [-0.2, -0.15) is 0 Å². The molecule has 0 aliphatic rings. The third-order valence-electron chi connectivity index (χ3n) is 2.45. The third kappa shape index (κ3) is 3.09. The Hall–Kier alpha value is -2.48. The lowest BCUT2D eigenvalue weighted by molar-refractivity contribution is 0.0691. The Balaban J connectivity index is 2.06. The van der Waals surface area contributed by atoms with E-state index in [0.717, 1.165) is 17.4 Å². The number of halogens is 1. The maximum atomic E-state index is 13.7. The number of rotatable bonds is 5. The molecule has 0 saturated heterocycles. The molecule has 0 radical (unpaired) electrons. The summed E-state index contributed by atoms with van der Waals surface area (Å²) in [6.07, 6.45) is 0. The Morgan fingerprint density at radius 1 is 1.45 bits per heavy atom. The van der Waals surface area contributed by atoms with Gasteiger partial charge in [-0.25, -0.2) is 14.2 Å². The first kappa shape index (κ1) is 13.9. The van der Waals surface area contributed by atoms with Crippen molar-refractivity contribution >= 4 is 28.9 Å². The van der Waals surface area contributed by atoms with Crippen LogP contribution in [0.1, 0.15) is 25.9 Å². The number of nitrogens with zero attached hydrogens (tertiary/aromatic N) is 1. The first-order valence-electron chi connectivity index (χ1n) is 5.48. The van der Waals surface area contributed by atoms with E-state index in [9.17, 15) is 14.0 Å². The van der Waals surface area contributed by atoms with Gasteiger partial charge in [0.2, 0.25) is 5.91 Å². The van der Waals surface area contributed by atoms with Crippen molar-refractivity contribution in [3.8, 4) is 0 Å². The van der Waals surface area contributed by atoms with Gasteiger partial charge in [-0.05, 0) is 18.2 Å². The number of anilines is 1. The molecule has 1 aromatic heterocycles. The van der Waals surface area contributed by atoms with Crippen LogP contribution < -0.4 is 11.1 Å². The summed E-state index contributed by atoms with van der Waals surface area (Å²) in [5.74, 6) is -2.43. The number of amides is 1. The molecule has 2 aromatic rings. The number of carboxylic acid groups (broad SMARTS) is 1. The van der Waals surface area contributed by atoms with Crippen molar-refractivity contribution in [2.24, 2.45) is 5.73 Å². The summed E-state index contributed by atoms with van der Waals surface area (Å²) in [6, 6.07) is 3.83. The van der Waals surface area contributed by atoms with Crippen molar-refractivity contribution < 1.29 is 19.1 Å². The summed E-state index contributed by atoms with van der Waals surface area (Å²) >= 11 is 1.16. The molecule has 2 rings (SSSR count). The van der Waals surface area contributed by atoms with Crippen LogP contribution in [0.15, 0.2) is 23.6 Å². The zero-order valence-electron chi connectivity index (χ0n) is 10.1. The Morgan fingerprint density at radius 3 is 2.75 bits per heavy atom. The number of hydrogen-bond acceptors (Lipinski definition) is 5. The van der Waals surface area contributed by atoms with E-state index in [1.807, 2.05) is 0 Å². The number of hydrogen-bond donors (Lipinski definition) is 3. The Kier molecular flexibility index (Phi) is 3.94. The highest BCUT2D eigenvalue weighted by atomic mass is 32.1. The zero-order chi connectivity index (χ0) is 14.7. The average Bonchev–Trinajstić information content (AvgIpc) is 2.86. The molecular formula is C12H10FN3O3S. The van der Waals surface area contributed by atoms with Crippen LogP contribution in [-0.4, -0.2) is 22.0 Å². The number of carbonyl (C=O) groups is 2. The van der Waals surface area contributed by atoms with Gasteiger partial charge in [0.15, 0.2) is 5.69 Å². The minimum Gasteiger partial charge on any atom is -0.476 e. The second-order valence-electron chi connectivity index (χ2n) is 3.84. The van der Waals surface area contributed by atoms with Gasteiger partial charge in [0.25, 0.3) is 0 Å². The number of benzene rings is 1. The van der Waals surface area contributed by atoms with E-state index in [1.165, 1.54) is 17.5 Å². The minimum atomic E-state index is -1.11. The topological polar surface area (TPSA) is 105 Å². The van der Waals surface area contributed by atoms with Crippen LogP contribution in [0.25, 0.3) is 0 Å². The molecule has 20 heavy (non-hydrogen) atoms. The van der Waals surface area contributed by atoms with Crippen LogP contribution in [-0.2, 0) is 6.54 Å². The maximum Gasteiger partial charge on any atom is 0.355 e. The van der Waals surface area contributed by atoms with Gasteiger partial charge < -0.3 is 16.2 Å². The van der Waals surface area contributed by atoms with Gasteiger partial charge in [-0.3, -0.25) is 4.79 Å². The number of carbonyl (C=O) groups excluding carboxylic acids is 1. The lowest BCUT2D eigenvalue weighted by Gasteiger charge is -2.06. The molecule has 104 valence electrons. The van der Waals surface area contributed by atoms with Gasteiger partial charge in [-0.1, -0.05) is 0 Å². The monoisotopic (exact) mass is 295 g/mol. The molecule has 0 unspecified atom stereocenters. The molecule has 0 saturated carbocycles. The van der Waals surface area contributed by atoms with Crippen LogP contribution in [0.4, 0.5) is 10.1 Å². The molecule has 1 heterocycles. The molecule has 0 aliphatic heterocycles. The van der Waals surface area contributed by atoms with Gasteiger partial charge >= 0.3 is 5.97 Å². The molecule has 4 N–H and O–H groups in total. The number of aromatic nitrogens is 1. The van der Waals surface area contributed by atoms with Crippen molar-refractivity contribution in [1.82, 2.24) is 4.98 Å². The fourth-order valence-corrected chi connectivity index (χ4v) is 2.18. The van der Waals surface area contributed by atoms with Crippen molar-refractivity contribution in [1.29, 1.82) is 0 Å². The SMILES string of the molecule is NC(=O)c1ccc(NCc2nc(C(=O)O)cs2)c(F)c1. The van der Waals surface area contributed by atoms with E-state index in [2.05, 4.69) is 10.3 Å². The number of nitrogens with two attached hydrogens (primary N) is 1. The van der Waals surface area contributed by atoms with E-state index in [4.69, 9.17) is 10.8 Å². The van der Waals surface area contributed by atoms with Gasteiger partial charge in [0.05, 0.1) is 12.2 Å². The Labute approximate surface area is 117 Å². The largest absolute Gasteiger partial charge is 0.476 e. The van der Waals surface area contributed by atoms with Crippen LogP contribution >= 0.6 is 11.3 Å². The lowest BCUT2D eigenvalue weighted by atomic mass is 10.2. The highest BCUT2D eigenvalue weighted by molar-refractivity contribution is 7.09. The number of primary amides is 1. The number of carboxylic acids is 1. The van der Waals surface area contributed by atoms with E-state index in [1.54, 1.807) is 0 Å². The number of nitrogens with one attached hydrogen (secondary N) is 1. The molecule has 6 nitrogen and oxygen atoms in total.